The Morgan fingerprint density at radius 1 is 0.305 bits per heavy atom. The van der Waals surface area contributed by atoms with Gasteiger partial charge in [0.2, 0.25) is 18.0 Å². The molecule has 0 unspecified atom stereocenters. The van der Waals surface area contributed by atoms with Crippen LogP contribution in [-0.2, 0) is 56.0 Å². The number of nitrogens with zero attached hydrogens (tertiary/aromatic N) is 1. The molecule has 2 nitrogen and oxygen atoms in total. The van der Waals surface area contributed by atoms with Crippen LogP contribution in [0, 0.1) is 0 Å². The van der Waals surface area contributed by atoms with E-state index in [1.165, 1.54) is 11.1 Å². The zero-order valence-electron chi connectivity index (χ0n) is 40.4. The van der Waals surface area contributed by atoms with Crippen molar-refractivity contribution in [2.24, 2.45) is 0 Å². The van der Waals surface area contributed by atoms with Gasteiger partial charge in [0, 0.05) is 23.3 Å². The molecule has 6 aromatic rings. The molecule has 0 radical (unpaired) electrons. The lowest BCUT2D eigenvalue weighted by Gasteiger charge is -2.46. The Kier molecular flexibility index (Phi) is 16.3. The Balaban J connectivity index is 0.000000318. The number of fused-ring (bicyclic) bond motifs is 1. The number of aromatic nitrogens is 1. The second-order valence-corrected chi connectivity index (χ2v) is 18.3. The molecule has 0 fully saturated rings. The van der Waals surface area contributed by atoms with Crippen LogP contribution in [-0.4, -0.2) is 11.9 Å². The Morgan fingerprint density at radius 3 is 0.829 bits per heavy atom. The van der Waals surface area contributed by atoms with Crippen molar-refractivity contribution in [3.63, 3.8) is 0 Å². The summed E-state index contributed by atoms with van der Waals surface area (Å²) in [7, 11) is 0. The molecule has 0 saturated heterocycles. The lowest BCUT2D eigenvalue weighted by atomic mass is 9.12. The van der Waals surface area contributed by atoms with Crippen LogP contribution >= 0.6 is 0 Å². The van der Waals surface area contributed by atoms with Crippen molar-refractivity contribution in [2.75, 3.05) is 0 Å². The van der Waals surface area contributed by atoms with Crippen molar-refractivity contribution in [3.05, 3.63) is 220 Å². The van der Waals surface area contributed by atoms with E-state index in [-0.39, 0.29) is 5.78 Å². The number of halogens is 24. The Bertz CT molecular complexity index is 3120. The Labute approximate surface area is 446 Å². The maximum absolute atomic E-state index is 14.2. The number of benzene rings is 5. The summed E-state index contributed by atoms with van der Waals surface area (Å²) < 4.78 is 343. The lowest BCUT2D eigenvalue weighted by Crippen LogP contribution is -2.75. The van der Waals surface area contributed by atoms with E-state index >= 15 is 0 Å². The van der Waals surface area contributed by atoms with Crippen LogP contribution in [0.1, 0.15) is 54.9 Å². The van der Waals surface area contributed by atoms with Crippen LogP contribution in [0.4, 0.5) is 105 Å². The van der Waals surface area contributed by atoms with Crippen molar-refractivity contribution >= 4 is 33.8 Å². The summed E-state index contributed by atoms with van der Waals surface area (Å²) in [6.45, 7) is 0.329. The summed E-state index contributed by atoms with van der Waals surface area (Å²) in [5.74, 6) is 0.112. The highest BCUT2D eigenvalue weighted by Crippen LogP contribution is 2.42. The monoisotopic (exact) mass is 1190 g/mol. The average molecular weight is 1190 g/mol. The number of carbonyl (C=O) groups excluding carboxylic acids is 1. The third-order valence-corrected chi connectivity index (χ3v) is 12.8. The number of hydrogen-bond donors (Lipinski definition) is 0. The van der Waals surface area contributed by atoms with Crippen molar-refractivity contribution in [1.29, 1.82) is 0 Å². The number of carbonyl (C=O) groups is 1. The van der Waals surface area contributed by atoms with Crippen molar-refractivity contribution < 1.29 is 115 Å². The first-order valence-electron chi connectivity index (χ1n) is 23.0. The SMILES string of the molecule is FC(F)(F)c1cc([B-](c2cc(C(F)(F)F)cc(C(F)(F)F)c2)(c2cc(C(F)(F)F)cc(C(F)(F)F)c2)c2cc(C(F)(F)F)cc(C(F)(F)F)c2)cc(C(F)(F)F)c1.O=C(C[n+]1ccccc1-c1cc2cccccc-2c1)c1ccccc1. The maximum atomic E-state index is 14.2. The van der Waals surface area contributed by atoms with Gasteiger partial charge in [-0.1, -0.05) is 109 Å². The fourth-order valence-corrected chi connectivity index (χ4v) is 9.18. The van der Waals surface area contributed by atoms with Gasteiger partial charge in [-0.15, -0.1) is 0 Å². The van der Waals surface area contributed by atoms with Crippen LogP contribution in [0.5, 0.6) is 0 Å². The van der Waals surface area contributed by atoms with E-state index in [0.29, 0.717) is 6.54 Å². The minimum atomic E-state index is -6.13. The van der Waals surface area contributed by atoms with Gasteiger partial charge in [-0.05, 0) is 53.6 Å². The Hall–Kier alpha value is -8.00. The summed E-state index contributed by atoms with van der Waals surface area (Å²) in [4.78, 5) is 12.6. The van der Waals surface area contributed by atoms with E-state index < -0.39 is 195 Å². The van der Waals surface area contributed by atoms with Crippen molar-refractivity contribution in [3.8, 4) is 22.4 Å². The van der Waals surface area contributed by atoms with E-state index in [9.17, 15) is 110 Å². The van der Waals surface area contributed by atoms with Gasteiger partial charge in [0.25, 0.3) is 0 Å². The molecule has 2 aliphatic carbocycles. The fourth-order valence-electron chi connectivity index (χ4n) is 9.18. The van der Waals surface area contributed by atoms with E-state index in [4.69, 9.17) is 0 Å². The van der Waals surface area contributed by atoms with Gasteiger partial charge in [0.15, 0.2) is 6.20 Å². The molecule has 0 bridgehead atoms. The molecule has 8 rings (SSSR count). The molecule has 1 aromatic heterocycles. The topological polar surface area (TPSA) is 20.9 Å². The van der Waals surface area contributed by atoms with Crippen LogP contribution in [0.3, 0.4) is 0 Å². The molecule has 0 spiro atoms. The largest absolute Gasteiger partial charge is 0.416 e. The third-order valence-electron chi connectivity index (χ3n) is 12.8. The standard InChI is InChI=1S/C32H12BF24.C23H18NO/c34-25(35,36)13-1-14(26(37,38)39)6-21(5-13)33(22-7-15(27(40,41)42)2-16(8-22)28(43,44)45,23-9-17(29(46,47)48)3-18(10-23)30(49,50)51)24-11-19(31(52,53)54)4-20(12-24)32(55,56)57;25-23(18-9-3-1-4-10-18)17-24-14-8-7-13-22(24)21-15-19-11-5-2-6-12-20(19)16-21/h1-12H;1-16H,17H2/q-1;+1. The normalized spacial score (nSPS) is 13.2. The second kappa shape index (κ2) is 21.7. The van der Waals surface area contributed by atoms with Crippen LogP contribution in [0.25, 0.3) is 22.4 Å². The molecule has 432 valence electrons. The quantitative estimate of drug-likeness (QED) is 0.0643. The molecule has 27 heteroatoms. The first kappa shape index (κ1) is 61.6. The number of rotatable bonds is 8. The molecule has 0 aliphatic heterocycles. The van der Waals surface area contributed by atoms with Crippen molar-refractivity contribution in [2.45, 2.75) is 56.0 Å². The minimum Gasteiger partial charge on any atom is -0.287 e. The van der Waals surface area contributed by atoms with Gasteiger partial charge in [-0.25, -0.2) is 0 Å². The van der Waals surface area contributed by atoms with E-state index in [1.54, 1.807) is 0 Å². The van der Waals surface area contributed by atoms with Gasteiger partial charge >= 0.3 is 49.4 Å². The van der Waals surface area contributed by atoms with E-state index in [1.807, 2.05) is 71.4 Å². The summed E-state index contributed by atoms with van der Waals surface area (Å²) in [5, 5.41) is 0. The maximum Gasteiger partial charge on any atom is 0.416 e. The summed E-state index contributed by atoms with van der Waals surface area (Å²) in [6, 6.07) is 21.4. The zero-order valence-corrected chi connectivity index (χ0v) is 40.4. The highest BCUT2D eigenvalue weighted by Gasteiger charge is 2.47. The smallest absolute Gasteiger partial charge is 0.287 e. The molecule has 0 atom stereocenters. The van der Waals surface area contributed by atoms with Gasteiger partial charge in [-0.3, -0.25) is 4.79 Å². The predicted molar refractivity (Wildman–Crippen MR) is 250 cm³/mol. The summed E-state index contributed by atoms with van der Waals surface area (Å²) in [6.07, 6.45) is -52.8. The number of ketones is 1. The minimum absolute atomic E-state index is 0.112. The van der Waals surface area contributed by atoms with Crippen molar-refractivity contribution in [1.82, 2.24) is 0 Å². The molecule has 0 amide bonds. The zero-order chi connectivity index (χ0) is 61.0. The molecule has 1 heterocycles. The molecule has 5 aromatic carbocycles. The second-order valence-electron chi connectivity index (χ2n) is 18.3. The molecule has 0 saturated carbocycles. The van der Waals surface area contributed by atoms with Gasteiger partial charge < -0.3 is 0 Å². The number of Topliss-reactive ketones (excluding diaryl/α,β-unsaturated/α-hetero) is 1. The van der Waals surface area contributed by atoms with Crippen LogP contribution in [0.2, 0.25) is 0 Å². The van der Waals surface area contributed by atoms with Gasteiger partial charge in [0.1, 0.15) is 6.15 Å². The molecular weight excluding hydrogens is 1160 g/mol. The molecular formula is C55H30BF24NO. The molecule has 0 N–H and O–H groups in total. The summed E-state index contributed by atoms with van der Waals surface area (Å²) in [5.41, 5.74) is -24.9. The third kappa shape index (κ3) is 13.7. The molecule has 82 heavy (non-hydrogen) atoms. The van der Waals surface area contributed by atoms with Crippen LogP contribution < -0.4 is 26.4 Å². The molecule has 2 aliphatic rings. The van der Waals surface area contributed by atoms with E-state index in [2.05, 4.69) is 30.3 Å². The highest BCUT2D eigenvalue weighted by atomic mass is 19.4. The first-order valence-corrected chi connectivity index (χ1v) is 23.0. The lowest BCUT2D eigenvalue weighted by molar-refractivity contribution is -0.672. The Morgan fingerprint density at radius 2 is 0.561 bits per heavy atom. The number of pyridine rings is 1. The summed E-state index contributed by atoms with van der Waals surface area (Å²) >= 11 is 0. The number of alkyl halides is 24. The average Bonchev–Trinajstić information content (AvgIpc) is 1.58. The number of hydrogen-bond acceptors (Lipinski definition) is 1. The predicted octanol–water partition coefficient (Wildman–Crippen LogP) is 15.8. The van der Waals surface area contributed by atoms with Gasteiger partial charge in [-0.2, -0.15) is 132 Å². The first-order chi connectivity index (χ1) is 37.6. The fraction of sp³-hybridized carbons (Fsp3) is 0.164. The van der Waals surface area contributed by atoms with Crippen LogP contribution in [0.15, 0.2) is 170 Å². The highest BCUT2D eigenvalue weighted by molar-refractivity contribution is 7.20. The van der Waals surface area contributed by atoms with Gasteiger partial charge in [0.05, 0.1) is 44.5 Å². The van der Waals surface area contributed by atoms with E-state index in [0.717, 1.165) is 16.8 Å².